The maximum absolute atomic E-state index is 5.98. The lowest BCUT2D eigenvalue weighted by Crippen LogP contribution is -2.20. The lowest BCUT2D eigenvalue weighted by Gasteiger charge is -2.23. The predicted molar refractivity (Wildman–Crippen MR) is 145 cm³/mol. The number of nitrogens with one attached hydrogen (secondary N) is 1. The topological polar surface area (TPSA) is 109 Å². The summed E-state index contributed by atoms with van der Waals surface area (Å²) in [5.74, 6) is 2.81. The van der Waals surface area contributed by atoms with Crippen molar-refractivity contribution in [2.24, 2.45) is 0 Å². The van der Waals surface area contributed by atoms with E-state index in [0.717, 1.165) is 11.1 Å². The first-order valence-electron chi connectivity index (χ1n) is 11.6. The molecule has 10 nitrogen and oxygen atoms in total. The molecule has 0 aliphatic rings. The van der Waals surface area contributed by atoms with Crippen molar-refractivity contribution < 1.29 is 14.2 Å². The molecule has 0 saturated heterocycles. The van der Waals surface area contributed by atoms with Crippen molar-refractivity contribution in [1.29, 1.82) is 0 Å². The van der Waals surface area contributed by atoms with E-state index in [2.05, 4.69) is 29.9 Å². The van der Waals surface area contributed by atoms with Gasteiger partial charge in [0.15, 0.2) is 11.6 Å². The minimum Gasteiger partial charge on any atom is -0.494 e. The first kappa shape index (κ1) is 26.6. The maximum atomic E-state index is 5.98. The van der Waals surface area contributed by atoms with Crippen LogP contribution in [-0.2, 0) is 4.74 Å². The van der Waals surface area contributed by atoms with Gasteiger partial charge in [-0.25, -0.2) is 9.97 Å². The van der Waals surface area contributed by atoms with E-state index in [9.17, 15) is 0 Å². The van der Waals surface area contributed by atoms with Crippen LogP contribution in [0.1, 0.15) is 31.3 Å². The zero-order valence-electron chi connectivity index (χ0n) is 21.2. The minimum absolute atomic E-state index is 0.102. The van der Waals surface area contributed by atoms with E-state index in [-0.39, 0.29) is 11.4 Å². The number of nitrogens with zero attached hydrogens (tertiary/aromatic N) is 6. The quantitative estimate of drug-likeness (QED) is 0.250. The summed E-state index contributed by atoms with van der Waals surface area (Å²) in [7, 11) is 3.22. The monoisotopic (exact) mass is 541 g/mol. The summed E-state index contributed by atoms with van der Waals surface area (Å²) in [5.41, 5.74) is 2.46. The van der Waals surface area contributed by atoms with Crippen molar-refractivity contribution in [2.45, 2.75) is 32.1 Å². The van der Waals surface area contributed by atoms with Crippen LogP contribution in [0.25, 0.3) is 17.1 Å². The Morgan fingerprint density at radius 3 is 2.38 bits per heavy atom. The van der Waals surface area contributed by atoms with Crippen molar-refractivity contribution in [3.63, 3.8) is 0 Å². The second kappa shape index (κ2) is 12.2. The first-order chi connectivity index (χ1) is 18.0. The molecule has 3 aromatic heterocycles. The van der Waals surface area contributed by atoms with E-state index in [1.165, 1.54) is 11.9 Å². The van der Waals surface area contributed by atoms with Crippen LogP contribution in [0.5, 0.6) is 11.5 Å². The molecule has 4 aromatic rings. The third-order valence-electron chi connectivity index (χ3n) is 5.43. The number of hydrogen-bond acceptors (Lipinski definition) is 10. The lowest BCUT2D eigenvalue weighted by atomic mass is 10.2. The molecule has 0 bridgehead atoms. The fraction of sp³-hybridized carbons (Fsp3) is 0.320. The van der Waals surface area contributed by atoms with Crippen LogP contribution in [0.4, 0.5) is 5.95 Å². The minimum atomic E-state index is -0.377. The van der Waals surface area contributed by atoms with Crippen LogP contribution in [-0.4, -0.2) is 55.8 Å². The van der Waals surface area contributed by atoms with E-state index < -0.39 is 0 Å². The molecule has 2 unspecified atom stereocenters. The number of benzene rings is 1. The molecule has 0 amide bonds. The molecule has 12 heteroatoms. The number of anilines is 1. The highest BCUT2D eigenvalue weighted by Gasteiger charge is 2.26. The lowest BCUT2D eigenvalue weighted by molar-refractivity contribution is 0.0576. The van der Waals surface area contributed by atoms with Crippen LogP contribution in [0, 0.1) is 6.92 Å². The molecule has 0 saturated carbocycles. The molecule has 0 fully saturated rings. The smallest absolute Gasteiger partial charge is 0.239 e. The van der Waals surface area contributed by atoms with Gasteiger partial charge in [-0.2, -0.15) is 0 Å². The number of halogens is 1. The van der Waals surface area contributed by atoms with Crippen LogP contribution < -0.4 is 14.2 Å². The molecule has 1 aromatic carbocycles. The fourth-order valence-electron chi connectivity index (χ4n) is 3.75. The molecule has 4 rings (SSSR count). The number of hydrogen-bond donors (Lipinski definition) is 1. The van der Waals surface area contributed by atoms with Gasteiger partial charge in [-0.3, -0.25) is 14.3 Å². The molecular weight excluding hydrogens is 514 g/mol. The van der Waals surface area contributed by atoms with Gasteiger partial charge in [-0.15, -0.1) is 10.2 Å². The summed E-state index contributed by atoms with van der Waals surface area (Å²) in [5, 5.41) is 9.33. The molecule has 0 radical (unpaired) electrons. The molecule has 1 N–H and O–H groups in total. The number of pyridine rings is 1. The van der Waals surface area contributed by atoms with Crippen molar-refractivity contribution in [1.82, 2.24) is 29.7 Å². The average molecular weight is 542 g/mol. The van der Waals surface area contributed by atoms with E-state index in [1.807, 2.05) is 49.6 Å². The number of rotatable bonds is 11. The number of aromatic nitrogens is 6. The van der Waals surface area contributed by atoms with Crippen molar-refractivity contribution in [2.75, 3.05) is 25.5 Å². The molecule has 0 aliphatic carbocycles. The second-order valence-corrected chi connectivity index (χ2v) is 9.63. The SMILES string of the molecule is CCOC(c1ncc(Cl)cn1)C(C)SNc1nnc(-c2cncc(C)c2)n1-c1c(OC)cccc1OC. The highest BCUT2D eigenvalue weighted by atomic mass is 35.5. The Labute approximate surface area is 224 Å². The average Bonchev–Trinajstić information content (AvgIpc) is 3.34. The van der Waals surface area contributed by atoms with Gasteiger partial charge in [-0.05, 0) is 56.5 Å². The molecule has 0 aliphatic heterocycles. The highest BCUT2D eigenvalue weighted by molar-refractivity contribution is 8.01. The van der Waals surface area contributed by atoms with E-state index in [1.54, 1.807) is 39.0 Å². The Bertz CT molecular complexity index is 1310. The predicted octanol–water partition coefficient (Wildman–Crippen LogP) is 5.32. The van der Waals surface area contributed by atoms with Crippen LogP contribution >= 0.6 is 23.5 Å². The van der Waals surface area contributed by atoms with E-state index in [4.69, 9.17) is 25.8 Å². The summed E-state index contributed by atoms with van der Waals surface area (Å²) in [6.07, 6.45) is 6.29. The number of para-hydroxylation sites is 1. The van der Waals surface area contributed by atoms with E-state index in [0.29, 0.717) is 46.4 Å². The number of aryl methyl sites for hydroxylation is 1. The van der Waals surface area contributed by atoms with Gasteiger partial charge >= 0.3 is 0 Å². The highest BCUT2D eigenvalue weighted by Crippen LogP contribution is 2.38. The summed E-state index contributed by atoms with van der Waals surface area (Å²) in [6, 6.07) is 7.58. The summed E-state index contributed by atoms with van der Waals surface area (Å²) in [4.78, 5) is 13.0. The van der Waals surface area contributed by atoms with Gasteiger partial charge in [0.2, 0.25) is 5.95 Å². The van der Waals surface area contributed by atoms with Gasteiger partial charge in [0.05, 0.1) is 24.5 Å². The first-order valence-corrected chi connectivity index (χ1v) is 12.8. The third kappa shape index (κ3) is 5.95. The Balaban J connectivity index is 1.73. The van der Waals surface area contributed by atoms with Crippen LogP contribution in [0.15, 0.2) is 49.1 Å². The van der Waals surface area contributed by atoms with Gasteiger partial charge in [0.25, 0.3) is 0 Å². The zero-order valence-corrected chi connectivity index (χ0v) is 22.7. The molecule has 37 heavy (non-hydrogen) atoms. The summed E-state index contributed by atoms with van der Waals surface area (Å²) < 4.78 is 22.6. The molecule has 3 heterocycles. The Morgan fingerprint density at radius 1 is 1.05 bits per heavy atom. The second-order valence-electron chi connectivity index (χ2n) is 8.01. The fourth-order valence-corrected chi connectivity index (χ4v) is 4.60. The van der Waals surface area contributed by atoms with Crippen molar-refractivity contribution in [3.8, 4) is 28.6 Å². The van der Waals surface area contributed by atoms with Crippen molar-refractivity contribution >= 4 is 29.5 Å². The zero-order chi connectivity index (χ0) is 26.4. The van der Waals surface area contributed by atoms with Crippen LogP contribution in [0.2, 0.25) is 5.02 Å². The number of ether oxygens (including phenoxy) is 3. The van der Waals surface area contributed by atoms with Gasteiger partial charge in [-0.1, -0.05) is 17.7 Å². The standard InChI is InChI=1S/C25H28ClN7O3S/c1-6-36-22(23-28-13-18(26)14-29-23)16(3)37-32-25-31-30-24(17-10-15(2)11-27-12-17)33(25)21-19(34-4)8-7-9-20(21)35-5/h7-14,16,22H,6H2,1-5H3,(H,31,32). The third-order valence-corrected chi connectivity index (χ3v) is 6.54. The van der Waals surface area contributed by atoms with Crippen molar-refractivity contribution in [3.05, 3.63) is 65.5 Å². The van der Waals surface area contributed by atoms with Gasteiger partial charge < -0.3 is 14.2 Å². The van der Waals surface area contributed by atoms with Gasteiger partial charge in [0, 0.05) is 37.0 Å². The largest absolute Gasteiger partial charge is 0.494 e. The molecule has 194 valence electrons. The van der Waals surface area contributed by atoms with E-state index >= 15 is 0 Å². The maximum Gasteiger partial charge on any atom is 0.239 e. The molecule has 0 spiro atoms. The molecular formula is C25H28ClN7O3S. The Kier molecular flexibility index (Phi) is 8.80. The molecule has 2 atom stereocenters. The summed E-state index contributed by atoms with van der Waals surface area (Å²) in [6.45, 7) is 6.43. The Morgan fingerprint density at radius 2 is 1.76 bits per heavy atom. The normalized spacial score (nSPS) is 12.7. The number of methoxy groups -OCH3 is 2. The van der Waals surface area contributed by atoms with Gasteiger partial charge in [0.1, 0.15) is 23.3 Å². The van der Waals surface area contributed by atoms with Crippen LogP contribution in [0.3, 0.4) is 0 Å². The summed E-state index contributed by atoms with van der Waals surface area (Å²) >= 11 is 7.39. The Hall–Kier alpha value is -3.41.